The lowest BCUT2D eigenvalue weighted by molar-refractivity contribution is 1.05. The smallest absolute Gasteiger partial charge is 0.0898 e. The van der Waals surface area contributed by atoms with E-state index in [4.69, 9.17) is 0 Å². The monoisotopic (exact) mass is 296 g/mol. The van der Waals surface area contributed by atoms with Crippen molar-refractivity contribution >= 4 is 33.0 Å². The molecular formula is C12H13BrN2S. The molecule has 0 amide bonds. The zero-order valence-corrected chi connectivity index (χ0v) is 11.7. The third-order valence-corrected chi connectivity index (χ3v) is 3.76. The Morgan fingerprint density at radius 2 is 2.19 bits per heavy atom. The van der Waals surface area contributed by atoms with Crippen molar-refractivity contribution in [2.75, 3.05) is 5.32 Å². The number of nitrogens with zero attached hydrogens (tertiary/aromatic N) is 1. The largest absolute Gasteiger partial charge is 0.378 e. The minimum atomic E-state index is 0.770. The molecule has 0 radical (unpaired) electrons. The van der Waals surface area contributed by atoms with Gasteiger partial charge in [-0.25, -0.2) is 4.98 Å². The van der Waals surface area contributed by atoms with Crippen molar-refractivity contribution in [1.29, 1.82) is 0 Å². The molecule has 4 heteroatoms. The SMILES string of the molecule is Cc1ccc(Br)c(NCc2csc(C)n2)c1. The third-order valence-electron chi connectivity index (χ3n) is 2.25. The van der Waals surface area contributed by atoms with Crippen LogP contribution in [0.5, 0.6) is 0 Å². The van der Waals surface area contributed by atoms with Crippen LogP contribution >= 0.6 is 27.3 Å². The van der Waals surface area contributed by atoms with Gasteiger partial charge in [-0.2, -0.15) is 0 Å². The van der Waals surface area contributed by atoms with Gasteiger partial charge in [-0.3, -0.25) is 0 Å². The second kappa shape index (κ2) is 4.97. The van der Waals surface area contributed by atoms with Gasteiger partial charge < -0.3 is 5.32 Å². The average molecular weight is 297 g/mol. The number of nitrogens with one attached hydrogen (secondary N) is 1. The molecule has 1 aromatic heterocycles. The van der Waals surface area contributed by atoms with Gasteiger partial charge in [0.05, 0.1) is 17.2 Å². The molecule has 0 atom stereocenters. The van der Waals surface area contributed by atoms with Crippen molar-refractivity contribution in [3.8, 4) is 0 Å². The topological polar surface area (TPSA) is 24.9 Å². The molecule has 0 bridgehead atoms. The number of rotatable bonds is 3. The Balaban J connectivity index is 2.07. The number of hydrogen-bond donors (Lipinski definition) is 1. The molecule has 1 heterocycles. The summed E-state index contributed by atoms with van der Waals surface area (Å²) in [6, 6.07) is 6.27. The summed E-state index contributed by atoms with van der Waals surface area (Å²) in [4.78, 5) is 4.42. The number of halogens is 1. The quantitative estimate of drug-likeness (QED) is 0.921. The summed E-state index contributed by atoms with van der Waals surface area (Å²) in [5, 5.41) is 6.58. The van der Waals surface area contributed by atoms with Gasteiger partial charge in [0.1, 0.15) is 0 Å². The predicted molar refractivity (Wildman–Crippen MR) is 73.1 cm³/mol. The summed E-state index contributed by atoms with van der Waals surface area (Å²) < 4.78 is 1.09. The van der Waals surface area contributed by atoms with Gasteiger partial charge in [-0.05, 0) is 47.5 Å². The normalized spacial score (nSPS) is 10.4. The molecule has 0 aliphatic heterocycles. The molecule has 1 N–H and O–H groups in total. The van der Waals surface area contributed by atoms with Crippen LogP contribution in [0.1, 0.15) is 16.3 Å². The Morgan fingerprint density at radius 3 is 2.88 bits per heavy atom. The highest BCUT2D eigenvalue weighted by Crippen LogP contribution is 2.24. The van der Waals surface area contributed by atoms with Crippen LogP contribution in [-0.4, -0.2) is 4.98 Å². The number of aryl methyl sites for hydroxylation is 2. The number of aromatic nitrogens is 1. The standard InChI is InChI=1S/C12H13BrN2S/c1-8-3-4-11(13)12(5-8)14-6-10-7-16-9(2)15-10/h3-5,7,14H,6H2,1-2H3. The molecule has 0 spiro atoms. The Morgan fingerprint density at radius 1 is 1.38 bits per heavy atom. The molecule has 2 rings (SSSR count). The molecule has 0 saturated carbocycles. The zero-order valence-electron chi connectivity index (χ0n) is 9.25. The first-order valence-electron chi connectivity index (χ1n) is 5.06. The molecular weight excluding hydrogens is 284 g/mol. The summed E-state index contributed by atoms with van der Waals surface area (Å²) in [7, 11) is 0. The second-order valence-electron chi connectivity index (χ2n) is 3.69. The van der Waals surface area contributed by atoms with Gasteiger partial charge in [-0.1, -0.05) is 6.07 Å². The van der Waals surface area contributed by atoms with Crippen LogP contribution < -0.4 is 5.32 Å². The highest BCUT2D eigenvalue weighted by molar-refractivity contribution is 9.10. The van der Waals surface area contributed by atoms with E-state index in [1.54, 1.807) is 11.3 Å². The Bertz CT molecular complexity index is 494. The lowest BCUT2D eigenvalue weighted by Gasteiger charge is -2.07. The van der Waals surface area contributed by atoms with Crippen LogP contribution in [0.15, 0.2) is 28.1 Å². The molecule has 2 aromatic rings. The van der Waals surface area contributed by atoms with E-state index in [9.17, 15) is 0 Å². The van der Waals surface area contributed by atoms with Gasteiger partial charge in [0.25, 0.3) is 0 Å². The van der Waals surface area contributed by atoms with Crippen molar-refractivity contribution < 1.29 is 0 Å². The molecule has 1 aromatic carbocycles. The van der Waals surface area contributed by atoms with Crippen LogP contribution in [-0.2, 0) is 6.54 Å². The maximum absolute atomic E-state index is 4.42. The molecule has 0 saturated heterocycles. The fourth-order valence-corrected chi connectivity index (χ4v) is 2.45. The van der Waals surface area contributed by atoms with Crippen molar-refractivity contribution in [1.82, 2.24) is 4.98 Å². The molecule has 0 unspecified atom stereocenters. The minimum absolute atomic E-state index is 0.770. The van der Waals surface area contributed by atoms with Crippen molar-refractivity contribution in [3.63, 3.8) is 0 Å². The van der Waals surface area contributed by atoms with E-state index in [-0.39, 0.29) is 0 Å². The van der Waals surface area contributed by atoms with Gasteiger partial charge in [0.2, 0.25) is 0 Å². The van der Waals surface area contributed by atoms with E-state index in [1.165, 1.54) is 5.56 Å². The maximum Gasteiger partial charge on any atom is 0.0898 e. The number of hydrogen-bond acceptors (Lipinski definition) is 3. The van der Waals surface area contributed by atoms with Crippen LogP contribution in [0.3, 0.4) is 0 Å². The van der Waals surface area contributed by atoms with Crippen LogP contribution in [0.25, 0.3) is 0 Å². The van der Waals surface area contributed by atoms with Crippen LogP contribution in [0.2, 0.25) is 0 Å². The van der Waals surface area contributed by atoms with Gasteiger partial charge in [0, 0.05) is 15.5 Å². The molecule has 2 nitrogen and oxygen atoms in total. The maximum atomic E-state index is 4.42. The Hall–Kier alpha value is -0.870. The van der Waals surface area contributed by atoms with E-state index < -0.39 is 0 Å². The van der Waals surface area contributed by atoms with E-state index in [0.29, 0.717) is 0 Å². The highest BCUT2D eigenvalue weighted by Gasteiger charge is 2.01. The van der Waals surface area contributed by atoms with E-state index in [0.717, 1.165) is 27.4 Å². The molecule has 84 valence electrons. The summed E-state index contributed by atoms with van der Waals surface area (Å²) in [6.07, 6.45) is 0. The average Bonchev–Trinajstić information content (AvgIpc) is 2.66. The first kappa shape index (κ1) is 11.6. The molecule has 16 heavy (non-hydrogen) atoms. The summed E-state index contributed by atoms with van der Waals surface area (Å²) >= 11 is 5.21. The van der Waals surface area contributed by atoms with Crippen molar-refractivity contribution in [2.45, 2.75) is 20.4 Å². The first-order chi connectivity index (χ1) is 7.65. The van der Waals surface area contributed by atoms with Crippen LogP contribution in [0, 0.1) is 13.8 Å². The third kappa shape index (κ3) is 2.83. The van der Waals surface area contributed by atoms with E-state index in [1.807, 2.05) is 6.92 Å². The second-order valence-corrected chi connectivity index (χ2v) is 5.61. The van der Waals surface area contributed by atoms with Crippen molar-refractivity contribution in [3.05, 3.63) is 44.3 Å². The van der Waals surface area contributed by atoms with Crippen molar-refractivity contribution in [2.24, 2.45) is 0 Å². The Kier molecular flexibility index (Phi) is 3.61. The lowest BCUT2D eigenvalue weighted by atomic mass is 10.2. The predicted octanol–water partition coefficient (Wildman–Crippen LogP) is 4.13. The van der Waals surface area contributed by atoms with Gasteiger partial charge in [-0.15, -0.1) is 11.3 Å². The van der Waals surface area contributed by atoms with Crippen LogP contribution in [0.4, 0.5) is 5.69 Å². The summed E-state index contributed by atoms with van der Waals surface area (Å²) in [6.45, 7) is 4.88. The molecule has 0 fully saturated rings. The highest BCUT2D eigenvalue weighted by atomic mass is 79.9. The Labute approximate surface area is 108 Å². The number of thiazole rings is 1. The summed E-state index contributed by atoms with van der Waals surface area (Å²) in [5.74, 6) is 0. The first-order valence-corrected chi connectivity index (χ1v) is 6.73. The van der Waals surface area contributed by atoms with E-state index in [2.05, 4.69) is 56.7 Å². The van der Waals surface area contributed by atoms with Gasteiger partial charge in [0.15, 0.2) is 0 Å². The number of benzene rings is 1. The fourth-order valence-electron chi connectivity index (χ4n) is 1.45. The van der Waals surface area contributed by atoms with Gasteiger partial charge >= 0.3 is 0 Å². The zero-order chi connectivity index (χ0) is 11.5. The fraction of sp³-hybridized carbons (Fsp3) is 0.250. The number of anilines is 1. The minimum Gasteiger partial charge on any atom is -0.378 e. The lowest BCUT2D eigenvalue weighted by Crippen LogP contribution is -2.00. The molecule has 0 aliphatic rings. The molecule has 0 aliphatic carbocycles. The van der Waals surface area contributed by atoms with E-state index >= 15 is 0 Å². The summed E-state index contributed by atoms with van der Waals surface area (Å²) in [5.41, 5.74) is 3.46.